The monoisotopic (exact) mass is 563 g/mol. The number of terminal acetylenes is 1. The zero-order chi connectivity index (χ0) is 30.6. The van der Waals surface area contributed by atoms with Crippen LogP contribution in [0.25, 0.3) is 0 Å². The molecule has 0 saturated carbocycles. The fourth-order valence-electron chi connectivity index (χ4n) is 4.47. The Bertz CT molecular complexity index is 1180. The Hall–Kier alpha value is -3.99. The lowest BCUT2D eigenvalue weighted by atomic mass is 9.98. The van der Waals surface area contributed by atoms with Gasteiger partial charge in [0.25, 0.3) is 0 Å². The molecule has 2 aromatic rings. The van der Waals surface area contributed by atoms with E-state index in [1.165, 1.54) is 12.1 Å². The molecule has 0 aromatic heterocycles. The first-order valence-electron chi connectivity index (χ1n) is 14.3. The molecule has 2 aromatic carbocycles. The second-order valence-corrected chi connectivity index (χ2v) is 11.3. The van der Waals surface area contributed by atoms with Gasteiger partial charge in [-0.15, -0.1) is 6.42 Å². The molecular formula is C33H45N3O5. The molecule has 3 atom stereocenters. The van der Waals surface area contributed by atoms with Crippen molar-refractivity contribution in [2.45, 2.75) is 97.4 Å². The van der Waals surface area contributed by atoms with Crippen molar-refractivity contribution < 1.29 is 24.2 Å². The summed E-state index contributed by atoms with van der Waals surface area (Å²) in [4.78, 5) is 42.6. The van der Waals surface area contributed by atoms with E-state index in [-0.39, 0.29) is 24.1 Å². The van der Waals surface area contributed by atoms with E-state index in [0.29, 0.717) is 24.1 Å². The van der Waals surface area contributed by atoms with Gasteiger partial charge in [-0.2, -0.15) is 0 Å². The number of nitrogens with one attached hydrogen (secondary N) is 2. The van der Waals surface area contributed by atoms with Crippen LogP contribution in [-0.4, -0.2) is 52.1 Å². The number of carbonyl (C=O) groups excluding carboxylic acids is 3. The molecule has 8 heteroatoms. The molecule has 0 fully saturated rings. The highest BCUT2D eigenvalue weighted by Crippen LogP contribution is 2.25. The van der Waals surface area contributed by atoms with Crippen molar-refractivity contribution in [1.29, 1.82) is 0 Å². The molecule has 0 radical (unpaired) electrons. The molecule has 0 aliphatic heterocycles. The summed E-state index contributed by atoms with van der Waals surface area (Å²) < 4.78 is 5.47. The van der Waals surface area contributed by atoms with Gasteiger partial charge in [-0.3, -0.25) is 9.59 Å². The van der Waals surface area contributed by atoms with Crippen LogP contribution in [0, 0.1) is 12.3 Å². The van der Waals surface area contributed by atoms with E-state index in [0.717, 1.165) is 24.8 Å². The molecule has 0 heterocycles. The molecule has 3 N–H and O–H groups in total. The summed E-state index contributed by atoms with van der Waals surface area (Å²) in [6.07, 6.45) is 8.10. The number of aromatic hydroxyl groups is 1. The van der Waals surface area contributed by atoms with Crippen LogP contribution >= 0.6 is 0 Å². The number of alkyl carbamates (subject to hydrolysis) is 1. The van der Waals surface area contributed by atoms with Gasteiger partial charge in [0.1, 0.15) is 23.4 Å². The number of benzene rings is 2. The Labute approximate surface area is 244 Å². The maximum atomic E-state index is 14.4. The molecule has 8 nitrogen and oxygen atoms in total. The maximum absolute atomic E-state index is 14.4. The predicted molar refractivity (Wildman–Crippen MR) is 161 cm³/mol. The summed E-state index contributed by atoms with van der Waals surface area (Å²) in [6.45, 7) is 11.5. The van der Waals surface area contributed by atoms with Gasteiger partial charge < -0.3 is 25.4 Å². The van der Waals surface area contributed by atoms with Crippen LogP contribution in [0.3, 0.4) is 0 Å². The van der Waals surface area contributed by atoms with Crippen LogP contribution < -0.4 is 10.6 Å². The summed E-state index contributed by atoms with van der Waals surface area (Å²) >= 11 is 0. The van der Waals surface area contributed by atoms with E-state index in [1.54, 1.807) is 62.1 Å². The number of rotatable bonds is 13. The van der Waals surface area contributed by atoms with Crippen LogP contribution in [0.5, 0.6) is 5.75 Å². The third-order valence-corrected chi connectivity index (χ3v) is 6.46. The SMILES string of the molecule is C#Cc1ccc(C(C(=O)NC(C)CCC)N(CCCC)C(=O)C(Cc2ccc(O)cc2)NC(=O)OC(C)(C)C)cc1. The van der Waals surface area contributed by atoms with E-state index in [9.17, 15) is 19.5 Å². The molecule has 3 amide bonds. The number of hydrogen-bond donors (Lipinski definition) is 3. The van der Waals surface area contributed by atoms with Crippen molar-refractivity contribution in [2.24, 2.45) is 0 Å². The Kier molecular flexibility index (Phi) is 12.7. The number of phenols is 1. The third kappa shape index (κ3) is 10.8. The Morgan fingerprint density at radius 1 is 1.00 bits per heavy atom. The molecule has 0 bridgehead atoms. The number of phenolic OH excluding ortho intramolecular Hbond substituents is 1. The number of amides is 3. The summed E-state index contributed by atoms with van der Waals surface area (Å²) in [7, 11) is 0. The number of ether oxygens (including phenoxy) is 1. The molecule has 41 heavy (non-hydrogen) atoms. The van der Waals surface area contributed by atoms with Crippen molar-refractivity contribution in [3.63, 3.8) is 0 Å². The number of unbranched alkanes of at least 4 members (excludes halogenated alkanes) is 1. The summed E-state index contributed by atoms with van der Waals surface area (Å²) in [5.74, 6) is 1.96. The lowest BCUT2D eigenvalue weighted by molar-refractivity contribution is -0.142. The standard InChI is InChI=1S/C33H45N3O5/c1-8-11-21-36(29(30(38)34-23(4)12-9-2)26-17-13-24(10-3)14-18-26)31(39)28(35-32(40)41-33(5,6)7)22-25-15-19-27(37)20-16-25/h3,13-20,23,28-29,37H,8-9,11-12,21-22H2,1-2,4-7H3,(H,34,38)(H,35,40). The first-order chi connectivity index (χ1) is 19.4. The number of hydrogen-bond acceptors (Lipinski definition) is 5. The van der Waals surface area contributed by atoms with Crippen molar-refractivity contribution in [2.75, 3.05) is 6.54 Å². The second kappa shape index (κ2) is 15.7. The Balaban J connectivity index is 2.56. The highest BCUT2D eigenvalue weighted by molar-refractivity contribution is 5.92. The van der Waals surface area contributed by atoms with Crippen LogP contribution in [-0.2, 0) is 20.7 Å². The van der Waals surface area contributed by atoms with Gasteiger partial charge in [0.2, 0.25) is 11.8 Å². The molecule has 3 unspecified atom stereocenters. The summed E-state index contributed by atoms with van der Waals surface area (Å²) in [5, 5.41) is 15.6. The van der Waals surface area contributed by atoms with Crippen molar-refractivity contribution in [3.05, 3.63) is 65.2 Å². The minimum Gasteiger partial charge on any atom is -0.508 e. The lowest BCUT2D eigenvalue weighted by Crippen LogP contribution is -2.54. The van der Waals surface area contributed by atoms with Crippen LogP contribution in [0.1, 0.15) is 90.0 Å². The van der Waals surface area contributed by atoms with Crippen LogP contribution in [0.4, 0.5) is 4.79 Å². The largest absolute Gasteiger partial charge is 0.508 e. The Morgan fingerprint density at radius 3 is 2.17 bits per heavy atom. The van der Waals surface area contributed by atoms with Gasteiger partial charge in [-0.05, 0) is 75.9 Å². The molecule has 0 spiro atoms. The third-order valence-electron chi connectivity index (χ3n) is 6.46. The fraction of sp³-hybridized carbons (Fsp3) is 0.485. The Morgan fingerprint density at radius 2 is 1.63 bits per heavy atom. The van der Waals surface area contributed by atoms with Gasteiger partial charge in [0.15, 0.2) is 0 Å². The van der Waals surface area contributed by atoms with Gasteiger partial charge in [0.05, 0.1) is 0 Å². The minimum atomic E-state index is -1.03. The minimum absolute atomic E-state index is 0.0872. The van der Waals surface area contributed by atoms with E-state index in [4.69, 9.17) is 11.2 Å². The first kappa shape index (κ1) is 33.2. The average Bonchev–Trinajstić information content (AvgIpc) is 2.90. The molecule has 0 aliphatic rings. The number of nitrogens with zero attached hydrogens (tertiary/aromatic N) is 1. The van der Waals surface area contributed by atoms with E-state index in [2.05, 4.69) is 16.6 Å². The lowest BCUT2D eigenvalue weighted by Gasteiger charge is -2.35. The van der Waals surface area contributed by atoms with Crippen molar-refractivity contribution in [3.8, 4) is 18.1 Å². The average molecular weight is 564 g/mol. The summed E-state index contributed by atoms with van der Waals surface area (Å²) in [6, 6.07) is 11.4. The van der Waals surface area contributed by atoms with E-state index >= 15 is 0 Å². The van der Waals surface area contributed by atoms with Crippen molar-refractivity contribution in [1.82, 2.24) is 15.5 Å². The zero-order valence-corrected chi connectivity index (χ0v) is 25.2. The fourth-order valence-corrected chi connectivity index (χ4v) is 4.47. The zero-order valence-electron chi connectivity index (χ0n) is 25.2. The van der Waals surface area contributed by atoms with Gasteiger partial charge in [0, 0.05) is 24.6 Å². The molecule has 222 valence electrons. The number of carbonyl (C=O) groups is 3. The highest BCUT2D eigenvalue weighted by atomic mass is 16.6. The normalized spacial score (nSPS) is 13.3. The molecule has 0 aliphatic carbocycles. The predicted octanol–water partition coefficient (Wildman–Crippen LogP) is 5.48. The smallest absolute Gasteiger partial charge is 0.408 e. The van der Waals surface area contributed by atoms with E-state index in [1.807, 2.05) is 20.8 Å². The van der Waals surface area contributed by atoms with Crippen LogP contribution in [0.2, 0.25) is 0 Å². The summed E-state index contributed by atoms with van der Waals surface area (Å²) in [5.41, 5.74) is 1.24. The highest BCUT2D eigenvalue weighted by Gasteiger charge is 2.36. The van der Waals surface area contributed by atoms with E-state index < -0.39 is 29.7 Å². The molecule has 2 rings (SSSR count). The second-order valence-electron chi connectivity index (χ2n) is 11.3. The van der Waals surface area contributed by atoms with Gasteiger partial charge >= 0.3 is 6.09 Å². The quantitative estimate of drug-likeness (QED) is 0.280. The molecule has 0 saturated heterocycles. The topological polar surface area (TPSA) is 108 Å². The van der Waals surface area contributed by atoms with Gasteiger partial charge in [-0.25, -0.2) is 4.79 Å². The first-order valence-corrected chi connectivity index (χ1v) is 14.3. The van der Waals surface area contributed by atoms with Crippen LogP contribution in [0.15, 0.2) is 48.5 Å². The van der Waals surface area contributed by atoms with Crippen molar-refractivity contribution >= 4 is 17.9 Å². The maximum Gasteiger partial charge on any atom is 0.408 e. The molecular weight excluding hydrogens is 518 g/mol. The van der Waals surface area contributed by atoms with Gasteiger partial charge in [-0.1, -0.05) is 56.9 Å².